The Hall–Kier alpha value is -2.21. The quantitative estimate of drug-likeness (QED) is 0.759. The molecular weight excluding hydrogens is 320 g/mol. The molecule has 0 saturated heterocycles. The number of carbonyl (C=O) groups excluding carboxylic acids is 1. The van der Waals surface area contributed by atoms with Crippen LogP contribution in [0.5, 0.6) is 0 Å². The molecule has 3 heterocycles. The van der Waals surface area contributed by atoms with Crippen LogP contribution in [0.4, 0.5) is 0 Å². The molecule has 0 saturated carbocycles. The third-order valence-electron chi connectivity index (χ3n) is 4.26. The predicted molar refractivity (Wildman–Crippen MR) is 98.4 cm³/mol. The van der Waals surface area contributed by atoms with Crippen LogP contribution in [0, 0.1) is 0 Å². The molecule has 3 aromatic rings. The van der Waals surface area contributed by atoms with Crippen molar-refractivity contribution in [2.45, 2.75) is 46.2 Å². The number of aryl methyl sites for hydroxylation is 1. The van der Waals surface area contributed by atoms with Crippen LogP contribution < -0.4 is 5.32 Å². The molecule has 0 spiro atoms. The molecule has 0 aliphatic rings. The normalized spacial score (nSPS) is 11.8. The third kappa shape index (κ3) is 3.06. The largest absolute Gasteiger partial charge is 0.347 e. The molecule has 0 unspecified atom stereocenters. The van der Waals surface area contributed by atoms with Gasteiger partial charge in [-0.25, -0.2) is 9.67 Å². The number of aromatic nitrogens is 3. The van der Waals surface area contributed by atoms with Gasteiger partial charge in [-0.3, -0.25) is 4.79 Å². The van der Waals surface area contributed by atoms with Crippen molar-refractivity contribution in [2.75, 3.05) is 0 Å². The van der Waals surface area contributed by atoms with Gasteiger partial charge in [-0.2, -0.15) is 5.10 Å². The first-order chi connectivity index (χ1) is 11.4. The summed E-state index contributed by atoms with van der Waals surface area (Å²) < 4.78 is 1.83. The molecule has 5 nitrogen and oxygen atoms in total. The number of hydrogen-bond acceptors (Lipinski definition) is 4. The summed E-state index contributed by atoms with van der Waals surface area (Å²) >= 11 is 1.61. The molecular formula is C18H22N4OS. The van der Waals surface area contributed by atoms with Crippen molar-refractivity contribution in [1.82, 2.24) is 20.1 Å². The first-order valence-electron chi connectivity index (χ1n) is 8.18. The van der Waals surface area contributed by atoms with E-state index in [-0.39, 0.29) is 11.4 Å². The Morgan fingerprint density at radius 1 is 1.38 bits per heavy atom. The van der Waals surface area contributed by atoms with Gasteiger partial charge in [0.2, 0.25) is 0 Å². The van der Waals surface area contributed by atoms with E-state index in [0.717, 1.165) is 28.0 Å². The van der Waals surface area contributed by atoms with Gasteiger partial charge in [0.1, 0.15) is 0 Å². The van der Waals surface area contributed by atoms with Gasteiger partial charge in [-0.05, 0) is 44.7 Å². The van der Waals surface area contributed by atoms with Gasteiger partial charge < -0.3 is 5.32 Å². The van der Waals surface area contributed by atoms with Gasteiger partial charge in [0.15, 0.2) is 5.65 Å². The van der Waals surface area contributed by atoms with Gasteiger partial charge in [-0.1, -0.05) is 13.0 Å². The van der Waals surface area contributed by atoms with Gasteiger partial charge in [-0.15, -0.1) is 11.3 Å². The van der Waals surface area contributed by atoms with Crippen LogP contribution in [0.25, 0.3) is 21.6 Å². The lowest BCUT2D eigenvalue weighted by molar-refractivity contribution is 0.0913. The molecule has 126 valence electrons. The molecule has 0 fully saturated rings. The topological polar surface area (TPSA) is 59.8 Å². The Bertz CT molecular complexity index is 865. The number of fused-ring (bicyclic) bond motifs is 1. The van der Waals surface area contributed by atoms with Crippen LogP contribution in [0.2, 0.25) is 0 Å². The van der Waals surface area contributed by atoms with Crippen LogP contribution in [0.3, 0.4) is 0 Å². The fourth-order valence-electron chi connectivity index (χ4n) is 2.48. The van der Waals surface area contributed by atoms with Gasteiger partial charge in [0, 0.05) is 12.1 Å². The highest BCUT2D eigenvalue weighted by Crippen LogP contribution is 2.28. The summed E-state index contributed by atoms with van der Waals surface area (Å²) in [5, 5.41) is 10.3. The van der Waals surface area contributed by atoms with Crippen LogP contribution >= 0.6 is 11.3 Å². The lowest BCUT2D eigenvalue weighted by Crippen LogP contribution is -2.42. The maximum atomic E-state index is 12.9. The Kier molecular flexibility index (Phi) is 4.41. The summed E-state index contributed by atoms with van der Waals surface area (Å²) in [7, 11) is 0. The molecule has 0 aromatic carbocycles. The van der Waals surface area contributed by atoms with Crippen LogP contribution in [0.15, 0.2) is 29.8 Å². The Morgan fingerprint density at radius 3 is 2.79 bits per heavy atom. The Balaban J connectivity index is 2.15. The molecule has 0 atom stereocenters. The van der Waals surface area contributed by atoms with Crippen molar-refractivity contribution < 1.29 is 4.79 Å². The summed E-state index contributed by atoms with van der Waals surface area (Å²) in [4.78, 5) is 18.7. The maximum Gasteiger partial charge on any atom is 0.252 e. The lowest BCUT2D eigenvalue weighted by Gasteiger charge is -2.24. The van der Waals surface area contributed by atoms with Crippen molar-refractivity contribution >= 4 is 28.3 Å². The van der Waals surface area contributed by atoms with Crippen molar-refractivity contribution in [3.05, 3.63) is 35.3 Å². The van der Waals surface area contributed by atoms with Crippen LogP contribution in [-0.4, -0.2) is 26.2 Å². The summed E-state index contributed by atoms with van der Waals surface area (Å²) in [6, 6.07) is 5.88. The van der Waals surface area contributed by atoms with Crippen molar-refractivity contribution in [3.63, 3.8) is 0 Å². The smallest absolute Gasteiger partial charge is 0.252 e. The van der Waals surface area contributed by atoms with Gasteiger partial charge in [0.25, 0.3) is 5.91 Å². The minimum Gasteiger partial charge on any atom is -0.347 e. The Morgan fingerprint density at radius 2 is 2.17 bits per heavy atom. The fourth-order valence-corrected chi connectivity index (χ4v) is 3.17. The highest BCUT2D eigenvalue weighted by Gasteiger charge is 2.22. The fraction of sp³-hybridized carbons (Fsp3) is 0.389. The van der Waals surface area contributed by atoms with E-state index < -0.39 is 0 Å². The first-order valence-corrected chi connectivity index (χ1v) is 9.06. The number of pyridine rings is 1. The van der Waals surface area contributed by atoms with E-state index in [9.17, 15) is 4.79 Å². The molecule has 3 aromatic heterocycles. The number of nitrogens with zero attached hydrogens (tertiary/aromatic N) is 3. The molecule has 0 bridgehead atoms. The number of hydrogen-bond donors (Lipinski definition) is 1. The van der Waals surface area contributed by atoms with E-state index in [1.54, 1.807) is 17.5 Å². The summed E-state index contributed by atoms with van der Waals surface area (Å²) in [5.41, 5.74) is 1.94. The molecule has 0 radical (unpaired) electrons. The zero-order chi connectivity index (χ0) is 17.3. The van der Waals surface area contributed by atoms with E-state index >= 15 is 0 Å². The highest BCUT2D eigenvalue weighted by molar-refractivity contribution is 7.13. The molecule has 0 aliphatic carbocycles. The number of amides is 1. The monoisotopic (exact) mass is 342 g/mol. The molecule has 1 amide bonds. The zero-order valence-electron chi connectivity index (χ0n) is 14.5. The van der Waals surface area contributed by atoms with Crippen molar-refractivity contribution in [2.24, 2.45) is 0 Å². The summed E-state index contributed by atoms with van der Waals surface area (Å²) in [6.07, 6.45) is 2.59. The van der Waals surface area contributed by atoms with E-state index in [1.807, 2.05) is 49.0 Å². The van der Waals surface area contributed by atoms with Crippen LogP contribution in [0.1, 0.15) is 44.5 Å². The molecule has 6 heteroatoms. The van der Waals surface area contributed by atoms with Crippen LogP contribution in [-0.2, 0) is 6.54 Å². The standard InChI is InChI=1S/C18H22N4OS/c1-5-18(3,4)21-17(23)12-10-14(15-8-7-9-24-15)20-16-13(12)11-19-22(16)6-2/h7-11H,5-6H2,1-4H3,(H,21,23). The molecule has 1 N–H and O–H groups in total. The number of carbonyl (C=O) groups is 1. The highest BCUT2D eigenvalue weighted by atomic mass is 32.1. The second-order valence-electron chi connectivity index (χ2n) is 6.42. The van der Waals surface area contributed by atoms with E-state index in [2.05, 4.69) is 17.3 Å². The SMILES string of the molecule is CCn1ncc2c(C(=O)NC(C)(C)CC)cc(-c3cccs3)nc21. The maximum absolute atomic E-state index is 12.9. The number of rotatable bonds is 5. The molecule has 3 rings (SSSR count). The first kappa shape index (κ1) is 16.6. The van der Waals surface area contributed by atoms with Crippen molar-refractivity contribution in [1.29, 1.82) is 0 Å². The number of nitrogens with one attached hydrogen (secondary N) is 1. The minimum absolute atomic E-state index is 0.0808. The molecule has 24 heavy (non-hydrogen) atoms. The zero-order valence-corrected chi connectivity index (χ0v) is 15.3. The minimum atomic E-state index is -0.253. The molecule has 0 aliphatic heterocycles. The lowest BCUT2D eigenvalue weighted by atomic mass is 10.0. The van der Waals surface area contributed by atoms with E-state index in [4.69, 9.17) is 4.98 Å². The predicted octanol–water partition coefficient (Wildman–Crippen LogP) is 4.10. The third-order valence-corrected chi connectivity index (χ3v) is 5.16. The van der Waals surface area contributed by atoms with E-state index in [1.165, 1.54) is 0 Å². The average Bonchev–Trinajstić information content (AvgIpc) is 3.22. The second kappa shape index (κ2) is 6.36. The summed E-state index contributed by atoms with van der Waals surface area (Å²) in [6.45, 7) is 8.85. The van der Waals surface area contributed by atoms with E-state index in [0.29, 0.717) is 12.1 Å². The van der Waals surface area contributed by atoms with Gasteiger partial charge in [0.05, 0.1) is 27.7 Å². The summed E-state index contributed by atoms with van der Waals surface area (Å²) in [5.74, 6) is -0.0808. The Labute approximate surface area is 145 Å². The second-order valence-corrected chi connectivity index (χ2v) is 7.37. The average molecular weight is 342 g/mol. The van der Waals surface area contributed by atoms with Crippen molar-refractivity contribution in [3.8, 4) is 10.6 Å². The van der Waals surface area contributed by atoms with Gasteiger partial charge >= 0.3 is 0 Å². The number of thiophene rings is 1.